The van der Waals surface area contributed by atoms with E-state index in [9.17, 15) is 8.42 Å². The van der Waals surface area contributed by atoms with Crippen LogP contribution in [0.1, 0.15) is 23.9 Å². The normalized spacial score (nSPS) is 11.5. The lowest BCUT2D eigenvalue weighted by molar-refractivity contribution is 0.340. The number of hydrogen-bond donors (Lipinski definition) is 1. The van der Waals surface area contributed by atoms with Gasteiger partial charge >= 0.3 is 0 Å². The Morgan fingerprint density at radius 3 is 2.63 bits per heavy atom. The molecule has 0 aliphatic carbocycles. The number of nitrogens with one attached hydrogen (secondary N) is 1. The first kappa shape index (κ1) is 19.1. The van der Waals surface area contributed by atoms with Gasteiger partial charge in [0.05, 0.1) is 18.9 Å². The molecule has 0 saturated carbocycles. The number of sulfonamides is 1. The van der Waals surface area contributed by atoms with Crippen molar-refractivity contribution in [1.29, 1.82) is 0 Å². The molecule has 3 rings (SSSR count). The highest BCUT2D eigenvalue weighted by Gasteiger charge is 2.15. The predicted molar refractivity (Wildman–Crippen MR) is 102 cm³/mol. The molecule has 0 amide bonds. The van der Waals surface area contributed by atoms with Crippen LogP contribution in [0.3, 0.4) is 0 Å². The molecule has 8 heteroatoms. The minimum atomic E-state index is -3.51. The van der Waals surface area contributed by atoms with Crippen LogP contribution in [0.25, 0.3) is 11.4 Å². The number of aromatic nitrogens is 2. The molecule has 0 saturated heterocycles. The van der Waals surface area contributed by atoms with Crippen LogP contribution in [-0.4, -0.2) is 25.2 Å². The number of rotatable bonds is 8. The van der Waals surface area contributed by atoms with E-state index >= 15 is 0 Å². The van der Waals surface area contributed by atoms with Crippen molar-refractivity contribution in [2.24, 2.45) is 0 Å². The highest BCUT2D eigenvalue weighted by atomic mass is 32.2. The maximum Gasteiger partial charge on any atom is 0.242 e. The lowest BCUT2D eigenvalue weighted by Gasteiger charge is -2.05. The molecule has 1 N–H and O–H groups in total. The van der Waals surface area contributed by atoms with Crippen molar-refractivity contribution in [2.45, 2.75) is 26.1 Å². The van der Waals surface area contributed by atoms with Crippen molar-refractivity contribution < 1.29 is 17.7 Å². The maximum absolute atomic E-state index is 12.2. The predicted octanol–water partition coefficient (Wildman–Crippen LogP) is 3.06. The number of ether oxygens (including phenoxy) is 1. The van der Waals surface area contributed by atoms with E-state index in [0.717, 1.165) is 22.4 Å². The molecule has 0 bridgehead atoms. The summed E-state index contributed by atoms with van der Waals surface area (Å²) in [6, 6.07) is 14.7. The molecule has 0 spiro atoms. The first-order valence-electron chi connectivity index (χ1n) is 8.54. The minimum absolute atomic E-state index is 0.0574. The molecule has 0 aliphatic rings. The Bertz CT molecular complexity index is 998. The average molecular weight is 387 g/mol. The van der Waals surface area contributed by atoms with Gasteiger partial charge in [-0.05, 0) is 43.7 Å². The molecule has 27 heavy (non-hydrogen) atoms. The number of benzene rings is 2. The summed E-state index contributed by atoms with van der Waals surface area (Å²) in [6.07, 6.45) is 0. The summed E-state index contributed by atoms with van der Waals surface area (Å²) in [4.78, 5) is 4.23. The zero-order valence-corrected chi connectivity index (χ0v) is 16.0. The Kier molecular flexibility index (Phi) is 5.88. The second kappa shape index (κ2) is 8.32. The summed E-state index contributed by atoms with van der Waals surface area (Å²) < 4.78 is 37.5. The topological polar surface area (TPSA) is 94.3 Å². The molecule has 2 aromatic carbocycles. The Labute approximate surface area is 158 Å². The highest BCUT2D eigenvalue weighted by Crippen LogP contribution is 2.20. The van der Waals surface area contributed by atoms with E-state index in [0.29, 0.717) is 12.4 Å². The fourth-order valence-corrected chi connectivity index (χ4v) is 3.62. The lowest BCUT2D eigenvalue weighted by Crippen LogP contribution is -2.24. The Morgan fingerprint density at radius 2 is 1.93 bits per heavy atom. The summed E-state index contributed by atoms with van der Waals surface area (Å²) in [7, 11) is -3.51. The van der Waals surface area contributed by atoms with Gasteiger partial charge in [0.15, 0.2) is 0 Å². The van der Waals surface area contributed by atoms with E-state index in [1.807, 2.05) is 56.3 Å². The average Bonchev–Trinajstić information content (AvgIpc) is 3.10. The van der Waals surface area contributed by atoms with Gasteiger partial charge in [-0.25, -0.2) is 13.1 Å². The van der Waals surface area contributed by atoms with Gasteiger partial charge in [0, 0.05) is 5.56 Å². The second-order valence-electron chi connectivity index (χ2n) is 6.04. The molecular weight excluding hydrogens is 366 g/mol. The molecule has 3 aromatic rings. The van der Waals surface area contributed by atoms with Crippen LogP contribution in [0.4, 0.5) is 0 Å². The Balaban J connectivity index is 1.61. The summed E-state index contributed by atoms with van der Waals surface area (Å²) >= 11 is 0. The van der Waals surface area contributed by atoms with Gasteiger partial charge in [0.2, 0.25) is 21.7 Å². The third-order valence-corrected chi connectivity index (χ3v) is 5.07. The lowest BCUT2D eigenvalue weighted by atomic mass is 10.2. The van der Waals surface area contributed by atoms with Crippen molar-refractivity contribution in [3.8, 4) is 17.1 Å². The van der Waals surface area contributed by atoms with Gasteiger partial charge in [-0.15, -0.1) is 0 Å². The molecular formula is C19H21N3O4S. The molecule has 1 heterocycles. The van der Waals surface area contributed by atoms with Gasteiger partial charge in [-0.3, -0.25) is 0 Å². The third-order valence-electron chi connectivity index (χ3n) is 3.77. The SMILES string of the molecule is CCOc1ccc(-c2noc(CNS(=O)(=O)Cc3cccc(C)c3)n2)cc1. The number of hydrogen-bond acceptors (Lipinski definition) is 6. The minimum Gasteiger partial charge on any atom is -0.494 e. The molecule has 0 atom stereocenters. The van der Waals surface area contributed by atoms with Crippen LogP contribution in [0, 0.1) is 6.92 Å². The van der Waals surface area contributed by atoms with Crippen molar-refractivity contribution in [3.05, 3.63) is 65.5 Å². The molecule has 0 aliphatic heterocycles. The van der Waals surface area contributed by atoms with E-state index in [1.165, 1.54) is 0 Å². The van der Waals surface area contributed by atoms with Gasteiger partial charge in [-0.1, -0.05) is 35.0 Å². The van der Waals surface area contributed by atoms with E-state index in [-0.39, 0.29) is 18.2 Å². The fourth-order valence-electron chi connectivity index (χ4n) is 2.55. The van der Waals surface area contributed by atoms with Gasteiger partial charge in [0.25, 0.3) is 0 Å². The third kappa shape index (κ3) is 5.38. The van der Waals surface area contributed by atoms with Gasteiger partial charge in [-0.2, -0.15) is 4.98 Å². The first-order chi connectivity index (χ1) is 12.9. The molecule has 7 nitrogen and oxygen atoms in total. The molecule has 0 fully saturated rings. The quantitative estimate of drug-likeness (QED) is 0.638. The van der Waals surface area contributed by atoms with Crippen LogP contribution in [-0.2, 0) is 22.3 Å². The maximum atomic E-state index is 12.2. The van der Waals surface area contributed by atoms with Crippen molar-refractivity contribution in [3.63, 3.8) is 0 Å². The summed E-state index contributed by atoms with van der Waals surface area (Å²) in [5.74, 6) is 1.25. The van der Waals surface area contributed by atoms with Crippen LogP contribution in [0.2, 0.25) is 0 Å². The largest absolute Gasteiger partial charge is 0.494 e. The molecule has 0 radical (unpaired) electrons. The van der Waals surface area contributed by atoms with E-state index < -0.39 is 10.0 Å². The monoisotopic (exact) mass is 387 g/mol. The Morgan fingerprint density at radius 1 is 1.15 bits per heavy atom. The van der Waals surface area contributed by atoms with Crippen LogP contribution in [0.5, 0.6) is 5.75 Å². The first-order valence-corrected chi connectivity index (χ1v) is 10.2. The molecule has 142 valence electrons. The zero-order valence-electron chi connectivity index (χ0n) is 15.2. The zero-order chi connectivity index (χ0) is 19.3. The van der Waals surface area contributed by atoms with Crippen molar-refractivity contribution >= 4 is 10.0 Å². The van der Waals surface area contributed by atoms with Gasteiger partial charge in [0.1, 0.15) is 5.75 Å². The van der Waals surface area contributed by atoms with E-state index in [2.05, 4.69) is 14.9 Å². The fraction of sp³-hybridized carbons (Fsp3) is 0.263. The molecule has 1 aromatic heterocycles. The van der Waals surface area contributed by atoms with Gasteiger partial charge < -0.3 is 9.26 Å². The van der Waals surface area contributed by atoms with Crippen molar-refractivity contribution in [2.75, 3.05) is 6.61 Å². The van der Waals surface area contributed by atoms with Crippen LogP contribution in [0.15, 0.2) is 53.1 Å². The second-order valence-corrected chi connectivity index (χ2v) is 7.85. The summed E-state index contributed by atoms with van der Waals surface area (Å²) in [5.41, 5.74) is 2.50. The number of nitrogens with zero attached hydrogens (tertiary/aromatic N) is 2. The van der Waals surface area contributed by atoms with Crippen LogP contribution < -0.4 is 9.46 Å². The smallest absolute Gasteiger partial charge is 0.242 e. The highest BCUT2D eigenvalue weighted by molar-refractivity contribution is 7.88. The molecule has 0 unspecified atom stereocenters. The van der Waals surface area contributed by atoms with Crippen molar-refractivity contribution in [1.82, 2.24) is 14.9 Å². The standard InChI is InChI=1S/C19H21N3O4S/c1-3-25-17-9-7-16(8-10-17)19-21-18(26-22-19)12-20-27(23,24)13-15-6-4-5-14(2)11-15/h4-11,20H,3,12-13H2,1-2H3. The number of aryl methyl sites for hydroxylation is 1. The Hall–Kier alpha value is -2.71. The van der Waals surface area contributed by atoms with E-state index in [4.69, 9.17) is 9.26 Å². The summed E-state index contributed by atoms with van der Waals surface area (Å²) in [5, 5.41) is 3.90. The van der Waals surface area contributed by atoms with E-state index in [1.54, 1.807) is 6.07 Å². The summed E-state index contributed by atoms with van der Waals surface area (Å²) in [6.45, 7) is 4.37. The van der Waals surface area contributed by atoms with Crippen LogP contribution >= 0.6 is 0 Å².